The lowest BCUT2D eigenvalue weighted by Crippen LogP contribution is -2.14. The summed E-state index contributed by atoms with van der Waals surface area (Å²) < 4.78 is 4.89. The fourth-order valence-corrected chi connectivity index (χ4v) is 1.26. The van der Waals surface area contributed by atoms with Crippen LogP contribution in [0.2, 0.25) is 5.02 Å². The number of hydrogen-bond donors (Lipinski definition) is 2. The normalized spacial score (nSPS) is 11.4. The Morgan fingerprint density at radius 1 is 1.60 bits per heavy atom. The summed E-state index contributed by atoms with van der Waals surface area (Å²) in [4.78, 5) is 0. The summed E-state index contributed by atoms with van der Waals surface area (Å²) >= 11 is 5.75. The smallest absolute Gasteiger partial charge is 0.214 e. The van der Waals surface area contributed by atoms with Gasteiger partial charge in [0.2, 0.25) is 5.90 Å². The van der Waals surface area contributed by atoms with Gasteiger partial charge in [-0.05, 0) is 24.6 Å². The number of benzene rings is 1. The molecule has 0 aromatic heterocycles. The number of hydrogen-bond acceptors (Lipinski definition) is 3. The summed E-state index contributed by atoms with van der Waals surface area (Å²) in [5, 5.41) is 17.6. The third kappa shape index (κ3) is 4.08. The average molecular weight is 250 g/mol. The largest absolute Gasteiger partial charge is 0.479 e. The van der Waals surface area contributed by atoms with E-state index in [-0.39, 0.29) is 18.3 Å². The minimum atomic E-state index is -1.03. The highest BCUT2D eigenvalue weighted by Crippen LogP contribution is 2.18. The van der Waals surface area contributed by atoms with Crippen LogP contribution in [0.25, 0.3) is 0 Å². The van der Waals surface area contributed by atoms with Crippen molar-refractivity contribution in [3.05, 3.63) is 34.9 Å². The summed E-state index contributed by atoms with van der Waals surface area (Å²) in [6.07, 6.45) is -1.03. The Kier molecular flexibility index (Phi) is 6.32. The van der Waals surface area contributed by atoms with Crippen molar-refractivity contribution in [2.45, 2.75) is 13.0 Å². The van der Waals surface area contributed by atoms with Crippen LogP contribution in [0.3, 0.4) is 0 Å². The maximum atomic E-state index is 9.64. The highest BCUT2D eigenvalue weighted by Gasteiger charge is 2.14. The molecule has 0 fully saturated rings. The number of nitrogens with one attached hydrogen (secondary N) is 1. The van der Waals surface area contributed by atoms with E-state index in [1.807, 2.05) is 0 Å². The van der Waals surface area contributed by atoms with Crippen LogP contribution >= 0.6 is 24.0 Å². The van der Waals surface area contributed by atoms with Crippen molar-refractivity contribution in [1.29, 1.82) is 5.41 Å². The van der Waals surface area contributed by atoms with E-state index in [4.69, 9.17) is 21.7 Å². The third-order valence-electron chi connectivity index (χ3n) is 1.71. The van der Waals surface area contributed by atoms with Gasteiger partial charge in [0.25, 0.3) is 0 Å². The fraction of sp³-hybridized carbons (Fsp3) is 0.300. The highest BCUT2D eigenvalue weighted by molar-refractivity contribution is 6.30. The van der Waals surface area contributed by atoms with E-state index in [2.05, 4.69) is 0 Å². The molecule has 0 spiro atoms. The molecule has 1 aromatic rings. The van der Waals surface area contributed by atoms with Crippen molar-refractivity contribution >= 4 is 29.9 Å². The second-order valence-corrected chi connectivity index (χ2v) is 3.19. The van der Waals surface area contributed by atoms with E-state index in [1.54, 1.807) is 31.2 Å². The molecule has 1 atom stereocenters. The van der Waals surface area contributed by atoms with Crippen molar-refractivity contribution in [1.82, 2.24) is 0 Å². The Labute approximate surface area is 99.9 Å². The Morgan fingerprint density at radius 2 is 2.27 bits per heavy atom. The van der Waals surface area contributed by atoms with E-state index in [0.717, 1.165) is 0 Å². The molecule has 84 valence electrons. The molecule has 0 aliphatic rings. The second kappa shape index (κ2) is 6.67. The molecule has 15 heavy (non-hydrogen) atoms. The molecular weight excluding hydrogens is 237 g/mol. The lowest BCUT2D eigenvalue weighted by molar-refractivity contribution is 0.190. The molecule has 0 saturated heterocycles. The van der Waals surface area contributed by atoms with Crippen molar-refractivity contribution < 1.29 is 9.84 Å². The van der Waals surface area contributed by atoms with Gasteiger partial charge in [-0.3, -0.25) is 5.41 Å². The van der Waals surface area contributed by atoms with Crippen LogP contribution in [0.4, 0.5) is 0 Å². The van der Waals surface area contributed by atoms with Crippen molar-refractivity contribution in [3.63, 3.8) is 0 Å². The first-order valence-corrected chi connectivity index (χ1v) is 4.67. The van der Waals surface area contributed by atoms with Crippen LogP contribution < -0.4 is 0 Å². The number of halogens is 2. The zero-order chi connectivity index (χ0) is 10.6. The zero-order valence-electron chi connectivity index (χ0n) is 8.24. The van der Waals surface area contributed by atoms with Crippen LogP contribution in [-0.2, 0) is 4.74 Å². The summed E-state index contributed by atoms with van der Waals surface area (Å²) in [5.41, 5.74) is 0.566. The van der Waals surface area contributed by atoms with E-state index in [0.29, 0.717) is 17.2 Å². The van der Waals surface area contributed by atoms with E-state index < -0.39 is 6.10 Å². The van der Waals surface area contributed by atoms with Gasteiger partial charge >= 0.3 is 0 Å². The molecule has 1 unspecified atom stereocenters. The molecule has 5 heteroatoms. The summed E-state index contributed by atoms with van der Waals surface area (Å²) in [5.74, 6) is -0.158. The quantitative estimate of drug-likeness (QED) is 0.640. The molecular formula is C10H13Cl2NO2. The SMILES string of the molecule is CCOC(=N)C(O)c1cccc(Cl)c1.Cl. The predicted octanol–water partition coefficient (Wildman–Crippen LogP) is 2.81. The van der Waals surface area contributed by atoms with E-state index >= 15 is 0 Å². The first kappa shape index (κ1) is 14.2. The first-order valence-electron chi connectivity index (χ1n) is 4.30. The number of ether oxygens (including phenoxy) is 1. The van der Waals surface area contributed by atoms with Gasteiger partial charge in [-0.15, -0.1) is 12.4 Å². The Bertz CT molecular complexity index is 331. The maximum Gasteiger partial charge on any atom is 0.214 e. The molecule has 0 radical (unpaired) electrons. The van der Waals surface area contributed by atoms with Gasteiger partial charge in [0.15, 0.2) is 6.10 Å². The van der Waals surface area contributed by atoms with Crippen LogP contribution in [0.5, 0.6) is 0 Å². The van der Waals surface area contributed by atoms with Crippen LogP contribution in [-0.4, -0.2) is 17.6 Å². The van der Waals surface area contributed by atoms with Crippen LogP contribution in [0.15, 0.2) is 24.3 Å². The van der Waals surface area contributed by atoms with Crippen molar-refractivity contribution in [3.8, 4) is 0 Å². The molecule has 0 amide bonds. The van der Waals surface area contributed by atoms with Gasteiger partial charge in [0.05, 0.1) is 6.61 Å². The van der Waals surface area contributed by atoms with E-state index in [1.165, 1.54) is 0 Å². The molecule has 0 saturated carbocycles. The van der Waals surface area contributed by atoms with Crippen LogP contribution in [0.1, 0.15) is 18.6 Å². The van der Waals surface area contributed by atoms with Gasteiger partial charge < -0.3 is 9.84 Å². The number of aliphatic hydroxyl groups is 1. The van der Waals surface area contributed by atoms with Gasteiger partial charge in [0.1, 0.15) is 0 Å². The van der Waals surface area contributed by atoms with Gasteiger partial charge in [-0.1, -0.05) is 23.7 Å². The monoisotopic (exact) mass is 249 g/mol. The van der Waals surface area contributed by atoms with Gasteiger partial charge in [-0.25, -0.2) is 0 Å². The van der Waals surface area contributed by atoms with Crippen LogP contribution in [0, 0.1) is 5.41 Å². The standard InChI is InChI=1S/C10H12ClNO2.ClH/c1-2-14-10(12)9(13)7-4-3-5-8(11)6-7;/h3-6,9,12-13H,2H2,1H3;1H. The molecule has 0 heterocycles. The minimum Gasteiger partial charge on any atom is -0.479 e. The van der Waals surface area contributed by atoms with Crippen molar-refractivity contribution in [2.75, 3.05) is 6.61 Å². The Morgan fingerprint density at radius 3 is 2.80 bits per heavy atom. The third-order valence-corrected chi connectivity index (χ3v) is 1.95. The fourth-order valence-electron chi connectivity index (χ4n) is 1.06. The van der Waals surface area contributed by atoms with Gasteiger partial charge in [0, 0.05) is 5.02 Å². The molecule has 1 rings (SSSR count). The second-order valence-electron chi connectivity index (χ2n) is 2.75. The first-order chi connectivity index (χ1) is 6.65. The average Bonchev–Trinajstić information content (AvgIpc) is 2.17. The van der Waals surface area contributed by atoms with Gasteiger partial charge in [-0.2, -0.15) is 0 Å². The highest BCUT2D eigenvalue weighted by atomic mass is 35.5. The lowest BCUT2D eigenvalue weighted by atomic mass is 10.1. The topological polar surface area (TPSA) is 53.3 Å². The maximum absolute atomic E-state index is 9.64. The summed E-state index contributed by atoms with van der Waals surface area (Å²) in [6, 6.07) is 6.74. The molecule has 0 aliphatic carbocycles. The molecule has 0 bridgehead atoms. The molecule has 3 nitrogen and oxygen atoms in total. The molecule has 1 aromatic carbocycles. The molecule has 0 aliphatic heterocycles. The minimum absolute atomic E-state index is 0. The van der Waals surface area contributed by atoms with E-state index in [9.17, 15) is 5.11 Å². The number of rotatable bonds is 3. The van der Waals surface area contributed by atoms with Crippen molar-refractivity contribution in [2.24, 2.45) is 0 Å². The summed E-state index contributed by atoms with van der Waals surface area (Å²) in [7, 11) is 0. The predicted molar refractivity (Wildman–Crippen MR) is 63.0 cm³/mol. The Balaban J connectivity index is 0.00000196. The lowest BCUT2D eigenvalue weighted by Gasteiger charge is -2.12. The Hall–Kier alpha value is -0.770. The molecule has 2 N–H and O–H groups in total. The zero-order valence-corrected chi connectivity index (χ0v) is 9.81. The number of aliphatic hydroxyl groups excluding tert-OH is 1. The summed E-state index contributed by atoms with van der Waals surface area (Å²) in [6.45, 7) is 2.13.